The number of piperazine rings is 1. The second kappa shape index (κ2) is 9.08. The molecule has 0 bridgehead atoms. The molecular weight excluding hydrogens is 396 g/mol. The van der Waals surface area contributed by atoms with E-state index in [1.165, 1.54) is 16.0 Å². The van der Waals surface area contributed by atoms with Crippen molar-refractivity contribution < 1.29 is 4.74 Å². The molecule has 0 radical (unpaired) electrons. The van der Waals surface area contributed by atoms with E-state index in [-0.39, 0.29) is 0 Å². The van der Waals surface area contributed by atoms with Gasteiger partial charge in [0.2, 0.25) is 0 Å². The molecule has 0 saturated carbocycles. The summed E-state index contributed by atoms with van der Waals surface area (Å²) in [4.78, 5) is 6.32. The number of thioether (sulfide) groups is 1. The molecule has 2 aromatic carbocycles. The Balaban J connectivity index is 1.68. The van der Waals surface area contributed by atoms with Crippen LogP contribution in [-0.2, 0) is 12.3 Å². The summed E-state index contributed by atoms with van der Waals surface area (Å²) in [7, 11) is 3.94. The molecule has 2 aromatic rings. The number of rotatable bonds is 6. The van der Waals surface area contributed by atoms with Crippen LogP contribution in [-0.4, -0.2) is 50.1 Å². The second-order valence-electron chi connectivity index (χ2n) is 6.43. The van der Waals surface area contributed by atoms with Gasteiger partial charge in [0.05, 0.1) is 7.11 Å². The Morgan fingerprint density at radius 1 is 1.04 bits per heavy atom. The maximum Gasteiger partial charge on any atom is 0.122 e. The number of nitrogens with zero attached hydrogens (tertiary/aromatic N) is 2. The summed E-state index contributed by atoms with van der Waals surface area (Å²) in [5, 5.41) is 0. The molecule has 1 aliphatic rings. The summed E-state index contributed by atoms with van der Waals surface area (Å²) < 4.78 is 6.60. The monoisotopic (exact) mass is 420 g/mol. The van der Waals surface area contributed by atoms with Gasteiger partial charge in [-0.25, -0.2) is 0 Å². The largest absolute Gasteiger partial charge is 0.496 e. The van der Waals surface area contributed by atoms with Crippen LogP contribution in [0.25, 0.3) is 0 Å². The van der Waals surface area contributed by atoms with E-state index in [1.807, 2.05) is 23.9 Å². The van der Waals surface area contributed by atoms with Gasteiger partial charge in [-0.15, -0.1) is 11.8 Å². The lowest BCUT2D eigenvalue weighted by Gasteiger charge is -2.32. The Kier molecular flexibility index (Phi) is 6.82. The lowest BCUT2D eigenvalue weighted by Crippen LogP contribution is -2.43. The third kappa shape index (κ3) is 5.23. The fourth-order valence-electron chi connectivity index (χ4n) is 3.04. The first kappa shape index (κ1) is 18.8. The molecule has 5 heteroatoms. The van der Waals surface area contributed by atoms with E-state index in [1.54, 1.807) is 7.11 Å². The predicted octanol–water partition coefficient (Wildman–Crippen LogP) is 4.50. The SMILES string of the molecule is COc1ccc(Br)cc1CSc1ccccc1CN1CCN(C)CC1. The molecule has 3 nitrogen and oxygen atoms in total. The summed E-state index contributed by atoms with van der Waals surface area (Å²) in [6.45, 7) is 5.64. The molecule has 1 heterocycles. The van der Waals surface area contributed by atoms with Crippen LogP contribution in [0.15, 0.2) is 51.8 Å². The predicted molar refractivity (Wildman–Crippen MR) is 109 cm³/mol. The lowest BCUT2D eigenvalue weighted by atomic mass is 10.2. The minimum atomic E-state index is 0.905. The molecule has 1 fully saturated rings. The number of hydrogen-bond donors (Lipinski definition) is 0. The number of halogens is 1. The average molecular weight is 421 g/mol. The van der Waals surface area contributed by atoms with E-state index in [0.29, 0.717) is 0 Å². The third-order valence-corrected chi connectivity index (χ3v) is 6.25. The summed E-state index contributed by atoms with van der Waals surface area (Å²) >= 11 is 5.45. The first-order valence-electron chi connectivity index (χ1n) is 8.59. The Labute approximate surface area is 163 Å². The molecule has 1 aliphatic heterocycles. The zero-order valence-corrected chi connectivity index (χ0v) is 17.3. The first-order valence-corrected chi connectivity index (χ1v) is 10.4. The van der Waals surface area contributed by atoms with Gasteiger partial charge in [0, 0.05) is 53.4 Å². The molecular formula is C20H25BrN2OS. The van der Waals surface area contributed by atoms with Crippen LogP contribution >= 0.6 is 27.7 Å². The van der Waals surface area contributed by atoms with Crippen molar-refractivity contribution in [3.8, 4) is 5.75 Å². The van der Waals surface area contributed by atoms with Crippen LogP contribution < -0.4 is 4.74 Å². The summed E-state index contributed by atoms with van der Waals surface area (Å²) in [6, 6.07) is 15.0. The van der Waals surface area contributed by atoms with Crippen LogP contribution in [0.2, 0.25) is 0 Å². The topological polar surface area (TPSA) is 15.7 Å². The van der Waals surface area contributed by atoms with Crippen LogP contribution in [0.5, 0.6) is 5.75 Å². The van der Waals surface area contributed by atoms with Crippen molar-refractivity contribution in [2.75, 3.05) is 40.3 Å². The normalized spacial score (nSPS) is 16.1. The van der Waals surface area contributed by atoms with Crippen LogP contribution in [0.4, 0.5) is 0 Å². The number of benzene rings is 2. The number of methoxy groups -OCH3 is 1. The van der Waals surface area contributed by atoms with Gasteiger partial charge in [-0.3, -0.25) is 4.90 Å². The lowest BCUT2D eigenvalue weighted by molar-refractivity contribution is 0.147. The van der Waals surface area contributed by atoms with Crippen molar-refractivity contribution in [1.82, 2.24) is 9.80 Å². The van der Waals surface area contributed by atoms with Crippen molar-refractivity contribution >= 4 is 27.7 Å². The first-order chi connectivity index (χ1) is 12.2. The molecule has 0 spiro atoms. The van der Waals surface area contributed by atoms with Gasteiger partial charge in [0.1, 0.15) is 5.75 Å². The van der Waals surface area contributed by atoms with Crippen LogP contribution in [0.3, 0.4) is 0 Å². The molecule has 0 aliphatic carbocycles. The molecule has 25 heavy (non-hydrogen) atoms. The van der Waals surface area contributed by atoms with Crippen molar-refractivity contribution in [2.24, 2.45) is 0 Å². The number of ether oxygens (including phenoxy) is 1. The minimum Gasteiger partial charge on any atom is -0.496 e. The van der Waals surface area contributed by atoms with Gasteiger partial charge < -0.3 is 9.64 Å². The molecule has 0 aromatic heterocycles. The molecule has 3 rings (SSSR count). The molecule has 1 saturated heterocycles. The minimum absolute atomic E-state index is 0.905. The fraction of sp³-hybridized carbons (Fsp3) is 0.400. The van der Waals surface area contributed by atoms with Crippen LogP contribution in [0.1, 0.15) is 11.1 Å². The highest BCUT2D eigenvalue weighted by Crippen LogP contribution is 2.32. The Hall–Kier alpha value is -1.01. The van der Waals surface area contributed by atoms with Gasteiger partial charge in [-0.05, 0) is 36.9 Å². The van der Waals surface area contributed by atoms with E-state index in [9.17, 15) is 0 Å². The van der Waals surface area contributed by atoms with Crippen molar-refractivity contribution in [3.63, 3.8) is 0 Å². The van der Waals surface area contributed by atoms with Crippen LogP contribution in [0, 0.1) is 0 Å². The second-order valence-corrected chi connectivity index (χ2v) is 8.36. The number of likely N-dealkylation sites (N-methyl/N-ethyl adjacent to an activating group) is 1. The molecule has 0 N–H and O–H groups in total. The van der Waals surface area contributed by atoms with E-state index in [4.69, 9.17) is 4.74 Å². The summed E-state index contributed by atoms with van der Waals surface area (Å²) in [5.74, 6) is 1.86. The molecule has 0 unspecified atom stereocenters. The molecule has 134 valence electrons. The van der Waals surface area contributed by atoms with Gasteiger partial charge in [-0.1, -0.05) is 34.1 Å². The highest BCUT2D eigenvalue weighted by Gasteiger charge is 2.15. The average Bonchev–Trinajstić information content (AvgIpc) is 2.63. The Morgan fingerprint density at radius 3 is 2.56 bits per heavy atom. The maximum atomic E-state index is 5.50. The van der Waals surface area contributed by atoms with Gasteiger partial charge in [-0.2, -0.15) is 0 Å². The van der Waals surface area contributed by atoms with Gasteiger partial charge in [0.15, 0.2) is 0 Å². The fourth-order valence-corrected chi connectivity index (χ4v) is 4.48. The van der Waals surface area contributed by atoms with Crippen molar-refractivity contribution in [2.45, 2.75) is 17.2 Å². The zero-order valence-electron chi connectivity index (χ0n) is 14.9. The van der Waals surface area contributed by atoms with Crippen molar-refractivity contribution in [3.05, 3.63) is 58.1 Å². The van der Waals surface area contributed by atoms with Gasteiger partial charge in [0.25, 0.3) is 0 Å². The van der Waals surface area contributed by atoms with E-state index in [0.717, 1.165) is 48.7 Å². The highest BCUT2D eigenvalue weighted by molar-refractivity contribution is 9.10. The van der Waals surface area contributed by atoms with Gasteiger partial charge >= 0.3 is 0 Å². The van der Waals surface area contributed by atoms with E-state index < -0.39 is 0 Å². The standard InChI is InChI=1S/C20H25BrN2OS/c1-22-9-11-23(12-10-22)14-16-5-3-4-6-20(16)25-15-17-13-18(21)7-8-19(17)24-2/h3-8,13H,9-12,14-15H2,1-2H3. The molecule has 0 amide bonds. The summed E-state index contributed by atoms with van der Waals surface area (Å²) in [6.07, 6.45) is 0. The van der Waals surface area contributed by atoms with E-state index >= 15 is 0 Å². The highest BCUT2D eigenvalue weighted by atomic mass is 79.9. The number of hydrogen-bond acceptors (Lipinski definition) is 4. The van der Waals surface area contributed by atoms with E-state index in [2.05, 4.69) is 63.1 Å². The Morgan fingerprint density at radius 2 is 1.80 bits per heavy atom. The zero-order chi connectivity index (χ0) is 17.6. The Bertz CT molecular complexity index is 702. The quantitative estimate of drug-likeness (QED) is 0.638. The maximum absolute atomic E-state index is 5.50. The smallest absolute Gasteiger partial charge is 0.122 e. The summed E-state index contributed by atoms with van der Waals surface area (Å²) in [5.41, 5.74) is 2.64. The van der Waals surface area contributed by atoms with Crippen molar-refractivity contribution in [1.29, 1.82) is 0 Å². The third-order valence-electron chi connectivity index (χ3n) is 4.59. The molecule has 0 atom stereocenters.